The van der Waals surface area contributed by atoms with Gasteiger partial charge in [0.1, 0.15) is 5.75 Å². The summed E-state index contributed by atoms with van der Waals surface area (Å²) < 4.78 is 5.17. The van der Waals surface area contributed by atoms with Crippen LogP contribution in [0, 0.1) is 0 Å². The Morgan fingerprint density at radius 2 is 2.15 bits per heavy atom. The van der Waals surface area contributed by atoms with Crippen LogP contribution in [0.5, 0.6) is 5.75 Å². The van der Waals surface area contributed by atoms with Gasteiger partial charge in [0.15, 0.2) is 0 Å². The standard InChI is InChI=1S/C8H10BClO3/c1-2-13-6-3-4-8(10)7(5-6)9(11)12/h3-5,11-12H,2H2,1H3. The smallest absolute Gasteiger partial charge is 0.490 e. The van der Waals surface area contributed by atoms with Crippen LogP contribution >= 0.6 is 11.6 Å². The molecule has 5 heteroatoms. The Balaban J connectivity index is 2.97. The zero-order chi connectivity index (χ0) is 9.84. The van der Waals surface area contributed by atoms with Crippen molar-refractivity contribution in [2.45, 2.75) is 6.92 Å². The van der Waals surface area contributed by atoms with E-state index in [1.807, 2.05) is 6.92 Å². The molecular weight excluding hydrogens is 190 g/mol. The lowest BCUT2D eigenvalue weighted by molar-refractivity contribution is 0.340. The Bertz CT molecular complexity index is 291. The highest BCUT2D eigenvalue weighted by Gasteiger charge is 2.15. The van der Waals surface area contributed by atoms with Crippen LogP contribution < -0.4 is 10.2 Å². The largest absolute Gasteiger partial charge is 0.494 e. The minimum Gasteiger partial charge on any atom is -0.494 e. The van der Waals surface area contributed by atoms with Gasteiger partial charge in [-0.05, 0) is 25.1 Å². The first-order valence-corrected chi connectivity index (χ1v) is 4.31. The van der Waals surface area contributed by atoms with Gasteiger partial charge < -0.3 is 14.8 Å². The summed E-state index contributed by atoms with van der Waals surface area (Å²) in [7, 11) is -1.56. The second-order valence-electron chi connectivity index (χ2n) is 2.49. The van der Waals surface area contributed by atoms with Gasteiger partial charge >= 0.3 is 7.12 Å². The molecule has 0 aliphatic rings. The molecule has 1 rings (SSSR count). The van der Waals surface area contributed by atoms with E-state index >= 15 is 0 Å². The maximum atomic E-state index is 8.91. The first-order valence-electron chi connectivity index (χ1n) is 3.93. The van der Waals surface area contributed by atoms with Crippen molar-refractivity contribution in [2.75, 3.05) is 6.61 Å². The normalized spacial score (nSPS) is 9.85. The van der Waals surface area contributed by atoms with Crippen LogP contribution in [-0.4, -0.2) is 23.8 Å². The van der Waals surface area contributed by atoms with Gasteiger partial charge in [-0.25, -0.2) is 0 Å². The predicted octanol–water partition coefficient (Wildman–Crippen LogP) is 0.418. The SMILES string of the molecule is CCOc1ccc(Cl)c(B(O)O)c1. The zero-order valence-corrected chi connectivity index (χ0v) is 7.95. The maximum absolute atomic E-state index is 8.91. The molecule has 0 saturated heterocycles. The topological polar surface area (TPSA) is 49.7 Å². The molecule has 0 aliphatic heterocycles. The van der Waals surface area contributed by atoms with Crippen molar-refractivity contribution < 1.29 is 14.8 Å². The van der Waals surface area contributed by atoms with Gasteiger partial charge in [0.2, 0.25) is 0 Å². The minimum atomic E-state index is -1.56. The average molecular weight is 200 g/mol. The zero-order valence-electron chi connectivity index (χ0n) is 7.20. The molecule has 0 spiro atoms. The predicted molar refractivity (Wildman–Crippen MR) is 52.4 cm³/mol. The van der Waals surface area contributed by atoms with Crippen LogP contribution in [0.2, 0.25) is 5.02 Å². The van der Waals surface area contributed by atoms with Gasteiger partial charge in [0.25, 0.3) is 0 Å². The highest BCUT2D eigenvalue weighted by Crippen LogP contribution is 2.14. The summed E-state index contributed by atoms with van der Waals surface area (Å²) >= 11 is 5.72. The maximum Gasteiger partial charge on any atom is 0.490 e. The third kappa shape index (κ3) is 2.62. The number of ether oxygens (including phenoxy) is 1. The van der Waals surface area contributed by atoms with Crippen LogP contribution in [0.1, 0.15) is 6.92 Å². The Hall–Kier alpha value is -0.705. The fraction of sp³-hybridized carbons (Fsp3) is 0.250. The molecule has 2 N–H and O–H groups in total. The van der Waals surface area contributed by atoms with E-state index in [-0.39, 0.29) is 5.46 Å². The van der Waals surface area contributed by atoms with Gasteiger partial charge in [-0.1, -0.05) is 11.6 Å². The van der Waals surface area contributed by atoms with E-state index in [1.54, 1.807) is 12.1 Å². The van der Waals surface area contributed by atoms with Crippen molar-refractivity contribution in [1.29, 1.82) is 0 Å². The quantitative estimate of drug-likeness (QED) is 0.695. The molecule has 13 heavy (non-hydrogen) atoms. The number of hydrogen-bond acceptors (Lipinski definition) is 3. The highest BCUT2D eigenvalue weighted by atomic mass is 35.5. The molecule has 0 saturated carbocycles. The molecule has 0 heterocycles. The third-order valence-corrected chi connectivity index (χ3v) is 1.90. The number of halogens is 1. The van der Waals surface area contributed by atoms with Crippen molar-refractivity contribution in [3.05, 3.63) is 23.2 Å². The molecule has 0 fully saturated rings. The first-order chi connectivity index (χ1) is 6.15. The summed E-state index contributed by atoms with van der Waals surface area (Å²) in [5.41, 5.74) is 0.257. The van der Waals surface area contributed by atoms with Crippen LogP contribution in [0.15, 0.2) is 18.2 Å². The minimum absolute atomic E-state index is 0.257. The molecule has 1 aromatic rings. The van der Waals surface area contributed by atoms with Crippen molar-refractivity contribution >= 4 is 24.2 Å². The average Bonchev–Trinajstić information content (AvgIpc) is 2.08. The number of hydrogen-bond donors (Lipinski definition) is 2. The van der Waals surface area contributed by atoms with Gasteiger partial charge in [-0.2, -0.15) is 0 Å². The van der Waals surface area contributed by atoms with E-state index in [4.69, 9.17) is 26.4 Å². The van der Waals surface area contributed by atoms with Crippen LogP contribution in [0.4, 0.5) is 0 Å². The summed E-state index contributed by atoms with van der Waals surface area (Å²) in [4.78, 5) is 0. The van der Waals surface area contributed by atoms with Gasteiger partial charge in [-0.3, -0.25) is 0 Å². The summed E-state index contributed by atoms with van der Waals surface area (Å²) in [5.74, 6) is 0.579. The van der Waals surface area contributed by atoms with Crippen molar-refractivity contribution in [1.82, 2.24) is 0 Å². The second-order valence-corrected chi connectivity index (χ2v) is 2.90. The molecule has 1 aromatic carbocycles. The lowest BCUT2D eigenvalue weighted by atomic mass is 9.80. The Labute approximate surface area is 82.1 Å². The number of benzene rings is 1. The third-order valence-electron chi connectivity index (χ3n) is 1.56. The van der Waals surface area contributed by atoms with Crippen molar-refractivity contribution in [2.24, 2.45) is 0 Å². The summed E-state index contributed by atoms with van der Waals surface area (Å²) in [6.45, 7) is 2.38. The van der Waals surface area contributed by atoms with E-state index in [2.05, 4.69) is 0 Å². The number of rotatable bonds is 3. The van der Waals surface area contributed by atoms with Crippen LogP contribution in [0.3, 0.4) is 0 Å². The molecule has 0 aromatic heterocycles. The Kier molecular flexibility index (Phi) is 3.60. The van der Waals surface area contributed by atoms with Gasteiger partial charge in [0, 0.05) is 10.5 Å². The van der Waals surface area contributed by atoms with E-state index in [0.29, 0.717) is 17.4 Å². The van der Waals surface area contributed by atoms with E-state index < -0.39 is 7.12 Å². The molecule has 0 aliphatic carbocycles. The fourth-order valence-electron chi connectivity index (χ4n) is 0.976. The van der Waals surface area contributed by atoms with Gasteiger partial charge in [-0.15, -0.1) is 0 Å². The second kappa shape index (κ2) is 4.51. The molecule has 0 amide bonds. The molecule has 0 atom stereocenters. The van der Waals surface area contributed by atoms with E-state index in [9.17, 15) is 0 Å². The fourth-order valence-corrected chi connectivity index (χ4v) is 1.19. The molecular formula is C8H10BClO3. The van der Waals surface area contributed by atoms with E-state index in [1.165, 1.54) is 6.07 Å². The highest BCUT2D eigenvalue weighted by molar-refractivity contribution is 6.62. The molecule has 3 nitrogen and oxygen atoms in total. The van der Waals surface area contributed by atoms with Crippen molar-refractivity contribution in [3.63, 3.8) is 0 Å². The Morgan fingerprint density at radius 3 is 2.69 bits per heavy atom. The molecule has 0 bridgehead atoms. The lowest BCUT2D eigenvalue weighted by Gasteiger charge is -2.06. The van der Waals surface area contributed by atoms with Crippen LogP contribution in [0.25, 0.3) is 0 Å². The van der Waals surface area contributed by atoms with E-state index in [0.717, 1.165) is 0 Å². The summed E-state index contributed by atoms with van der Waals surface area (Å²) in [5, 5.41) is 18.1. The first kappa shape index (κ1) is 10.4. The van der Waals surface area contributed by atoms with Gasteiger partial charge in [0.05, 0.1) is 6.61 Å². The summed E-state index contributed by atoms with van der Waals surface area (Å²) in [6.07, 6.45) is 0. The molecule has 70 valence electrons. The van der Waals surface area contributed by atoms with Crippen molar-refractivity contribution in [3.8, 4) is 5.75 Å². The lowest BCUT2D eigenvalue weighted by Crippen LogP contribution is -2.30. The Morgan fingerprint density at radius 1 is 1.46 bits per heavy atom. The summed E-state index contributed by atoms with van der Waals surface area (Å²) in [6, 6.07) is 4.76. The molecule has 0 radical (unpaired) electrons. The molecule has 0 unspecified atom stereocenters. The van der Waals surface area contributed by atoms with Crippen LogP contribution in [-0.2, 0) is 0 Å². The monoisotopic (exact) mass is 200 g/mol.